The van der Waals surface area contributed by atoms with E-state index >= 15 is 0 Å². The van der Waals surface area contributed by atoms with Crippen LogP contribution in [0.1, 0.15) is 61.3 Å². The van der Waals surface area contributed by atoms with Gasteiger partial charge in [-0.05, 0) is 61.9 Å². The summed E-state index contributed by atoms with van der Waals surface area (Å²) in [7, 11) is -2.75. The van der Waals surface area contributed by atoms with Crippen molar-refractivity contribution in [3.63, 3.8) is 0 Å². The van der Waals surface area contributed by atoms with Gasteiger partial charge < -0.3 is 19.2 Å². The highest BCUT2D eigenvalue weighted by atomic mass is 28.4. The van der Waals surface area contributed by atoms with Crippen LogP contribution in [-0.2, 0) is 9.16 Å². The fourth-order valence-electron chi connectivity index (χ4n) is 6.39. The van der Waals surface area contributed by atoms with Crippen molar-refractivity contribution in [3.8, 4) is 0 Å². The van der Waals surface area contributed by atoms with Crippen LogP contribution in [0.15, 0.2) is 60.7 Å². The molecule has 4 rings (SSSR count). The second-order valence-electron chi connectivity index (χ2n) is 12.8. The van der Waals surface area contributed by atoms with Gasteiger partial charge in [-0.2, -0.15) is 0 Å². The molecule has 1 heterocycles. The predicted octanol–water partition coefficient (Wildman–Crippen LogP) is 4.96. The average Bonchev–Trinajstić information content (AvgIpc) is 3.31. The SMILES string of the molecule is CC(C)(C)OC(=O)N1C[C@H]2[C@H](CCC2(C)O)[C@H]1CO[Si](c1ccccc1)(c1ccccc1)C(C)(C)C. The number of likely N-dealkylation sites (tertiary alicyclic amines) is 1. The molecule has 2 aromatic rings. The first-order chi connectivity index (χ1) is 16.8. The molecule has 1 saturated heterocycles. The lowest BCUT2D eigenvalue weighted by atomic mass is 9.87. The van der Waals surface area contributed by atoms with Gasteiger partial charge in [0.15, 0.2) is 0 Å². The quantitative estimate of drug-likeness (QED) is 0.579. The molecular formula is C30H43NO4Si. The zero-order chi connectivity index (χ0) is 26.4. The molecule has 2 fully saturated rings. The number of fused-ring (bicyclic) bond motifs is 1. The maximum absolute atomic E-state index is 13.4. The number of carbonyl (C=O) groups is 1. The van der Waals surface area contributed by atoms with Gasteiger partial charge in [0, 0.05) is 12.5 Å². The van der Waals surface area contributed by atoms with Gasteiger partial charge in [-0.15, -0.1) is 0 Å². The summed E-state index contributed by atoms with van der Waals surface area (Å²) in [6, 6.07) is 21.0. The van der Waals surface area contributed by atoms with Crippen molar-refractivity contribution in [2.45, 2.75) is 83.6 Å². The maximum atomic E-state index is 13.4. The molecule has 1 amide bonds. The molecule has 2 aromatic carbocycles. The van der Waals surface area contributed by atoms with Crippen molar-refractivity contribution in [3.05, 3.63) is 60.7 Å². The highest BCUT2D eigenvalue weighted by Crippen LogP contribution is 2.49. The molecule has 0 aromatic heterocycles. The van der Waals surface area contributed by atoms with Crippen LogP contribution in [-0.4, -0.2) is 54.8 Å². The summed E-state index contributed by atoms with van der Waals surface area (Å²) < 4.78 is 13.1. The molecule has 6 heteroatoms. The number of nitrogens with zero attached hydrogens (tertiary/aromatic N) is 1. The highest BCUT2D eigenvalue weighted by Gasteiger charge is 2.57. The Kier molecular flexibility index (Phi) is 7.19. The third-order valence-electron chi connectivity index (χ3n) is 8.10. The summed E-state index contributed by atoms with van der Waals surface area (Å²) in [5.41, 5.74) is -1.36. The van der Waals surface area contributed by atoms with Crippen molar-refractivity contribution in [2.75, 3.05) is 13.2 Å². The smallest absolute Gasteiger partial charge is 0.410 e. The van der Waals surface area contributed by atoms with Crippen molar-refractivity contribution in [1.82, 2.24) is 4.90 Å². The normalized spacial score (nSPS) is 26.7. The molecule has 1 saturated carbocycles. The molecule has 0 radical (unpaired) electrons. The van der Waals surface area contributed by atoms with Crippen molar-refractivity contribution < 1.29 is 19.1 Å². The van der Waals surface area contributed by atoms with Gasteiger partial charge in [-0.25, -0.2) is 4.79 Å². The van der Waals surface area contributed by atoms with Crippen LogP contribution < -0.4 is 10.4 Å². The zero-order valence-electron chi connectivity index (χ0n) is 23.0. The molecule has 2 aliphatic rings. The third kappa shape index (κ3) is 5.00. The van der Waals surface area contributed by atoms with Gasteiger partial charge in [0.05, 0.1) is 18.2 Å². The van der Waals surface area contributed by atoms with E-state index in [-0.39, 0.29) is 29.0 Å². The van der Waals surface area contributed by atoms with E-state index in [1.54, 1.807) is 0 Å². The molecule has 36 heavy (non-hydrogen) atoms. The van der Waals surface area contributed by atoms with E-state index in [9.17, 15) is 9.90 Å². The molecule has 4 atom stereocenters. The van der Waals surface area contributed by atoms with E-state index in [0.29, 0.717) is 13.2 Å². The van der Waals surface area contributed by atoms with Crippen LogP contribution in [0.5, 0.6) is 0 Å². The molecule has 5 nitrogen and oxygen atoms in total. The monoisotopic (exact) mass is 509 g/mol. The van der Waals surface area contributed by atoms with E-state index < -0.39 is 19.5 Å². The van der Waals surface area contributed by atoms with E-state index in [0.717, 1.165) is 12.8 Å². The number of ether oxygens (including phenoxy) is 1. The van der Waals surface area contributed by atoms with Crippen LogP contribution in [0.25, 0.3) is 0 Å². The van der Waals surface area contributed by atoms with Gasteiger partial charge in [0.1, 0.15) is 5.60 Å². The molecule has 1 aliphatic carbocycles. The molecule has 0 spiro atoms. The Morgan fingerprint density at radius 2 is 1.53 bits per heavy atom. The summed E-state index contributed by atoms with van der Waals surface area (Å²) in [4.78, 5) is 15.2. The van der Waals surface area contributed by atoms with Crippen LogP contribution in [0.4, 0.5) is 4.79 Å². The lowest BCUT2D eigenvalue weighted by Gasteiger charge is -2.44. The minimum Gasteiger partial charge on any atom is -0.444 e. The van der Waals surface area contributed by atoms with E-state index in [1.165, 1.54) is 10.4 Å². The number of benzene rings is 2. The summed E-state index contributed by atoms with van der Waals surface area (Å²) in [6.45, 7) is 15.3. The van der Waals surface area contributed by atoms with Gasteiger partial charge in [0.2, 0.25) is 0 Å². The minimum atomic E-state index is -2.75. The molecular weight excluding hydrogens is 466 g/mol. The minimum absolute atomic E-state index is 0.0257. The van der Waals surface area contributed by atoms with E-state index in [2.05, 4.69) is 69.3 Å². The van der Waals surface area contributed by atoms with Gasteiger partial charge in [-0.1, -0.05) is 81.4 Å². The Balaban J connectivity index is 1.74. The fraction of sp³-hybridized carbons (Fsp3) is 0.567. The van der Waals surface area contributed by atoms with Crippen LogP contribution in [0.3, 0.4) is 0 Å². The Hall–Kier alpha value is -2.15. The summed E-state index contributed by atoms with van der Waals surface area (Å²) in [5, 5.41) is 13.4. The Bertz CT molecular complexity index is 1000. The van der Waals surface area contributed by atoms with Gasteiger partial charge in [0.25, 0.3) is 8.32 Å². The van der Waals surface area contributed by atoms with Crippen LogP contribution >= 0.6 is 0 Å². The lowest BCUT2D eigenvalue weighted by Crippen LogP contribution is -2.67. The van der Waals surface area contributed by atoms with Crippen LogP contribution in [0.2, 0.25) is 5.04 Å². The summed E-state index contributed by atoms with van der Waals surface area (Å²) in [6.07, 6.45) is 1.31. The third-order valence-corrected chi connectivity index (χ3v) is 13.1. The maximum Gasteiger partial charge on any atom is 0.410 e. The standard InChI is InChI=1S/C30H43NO4Si/c1-28(2,3)35-27(32)31-20-25-24(18-19-30(25,7)33)26(31)21-34-36(29(4,5)6,22-14-10-8-11-15-22)23-16-12-9-13-17-23/h8-17,24-26,33H,18-21H2,1-7H3/t24-,25-,26+,30?/m0/s1. The predicted molar refractivity (Wildman–Crippen MR) is 147 cm³/mol. The number of rotatable bonds is 5. The molecule has 1 N–H and O–H groups in total. The fourth-order valence-corrected chi connectivity index (χ4v) is 11.0. The van der Waals surface area contributed by atoms with Crippen molar-refractivity contribution in [2.24, 2.45) is 11.8 Å². The molecule has 1 aliphatic heterocycles. The topological polar surface area (TPSA) is 59.0 Å². The number of carbonyl (C=O) groups excluding carboxylic acids is 1. The van der Waals surface area contributed by atoms with E-state index in [4.69, 9.17) is 9.16 Å². The van der Waals surface area contributed by atoms with E-state index in [1.807, 2.05) is 44.7 Å². The largest absolute Gasteiger partial charge is 0.444 e. The second kappa shape index (κ2) is 9.62. The highest BCUT2D eigenvalue weighted by molar-refractivity contribution is 6.99. The van der Waals surface area contributed by atoms with Gasteiger partial charge >= 0.3 is 6.09 Å². The average molecular weight is 510 g/mol. The van der Waals surface area contributed by atoms with Crippen molar-refractivity contribution in [1.29, 1.82) is 0 Å². The van der Waals surface area contributed by atoms with Crippen molar-refractivity contribution >= 4 is 24.8 Å². The first-order valence-corrected chi connectivity index (χ1v) is 15.1. The number of aliphatic hydroxyl groups is 1. The number of hydrogen-bond donors (Lipinski definition) is 1. The Morgan fingerprint density at radius 3 is 2.00 bits per heavy atom. The Labute approximate surface area is 217 Å². The summed E-state index contributed by atoms with van der Waals surface area (Å²) in [5.74, 6) is 0.212. The first-order valence-electron chi connectivity index (χ1n) is 13.2. The molecule has 1 unspecified atom stereocenters. The zero-order valence-corrected chi connectivity index (χ0v) is 24.0. The van der Waals surface area contributed by atoms with Crippen LogP contribution in [0, 0.1) is 11.8 Å². The summed E-state index contributed by atoms with van der Waals surface area (Å²) >= 11 is 0. The number of hydrogen-bond acceptors (Lipinski definition) is 4. The number of amides is 1. The molecule has 0 bridgehead atoms. The Morgan fingerprint density at radius 1 is 1.00 bits per heavy atom. The lowest BCUT2D eigenvalue weighted by molar-refractivity contribution is 0.00445. The second-order valence-corrected chi connectivity index (χ2v) is 17.1. The first kappa shape index (κ1) is 26.9. The molecule has 196 valence electrons. The van der Waals surface area contributed by atoms with Gasteiger partial charge in [-0.3, -0.25) is 0 Å².